The highest BCUT2D eigenvalue weighted by atomic mass is 16.5. The molecule has 1 fully saturated rings. The molecule has 0 bridgehead atoms. The van der Waals surface area contributed by atoms with E-state index in [2.05, 4.69) is 33.8 Å². The number of likely N-dealkylation sites (tertiary alicyclic amines) is 1. The van der Waals surface area contributed by atoms with E-state index in [9.17, 15) is 4.79 Å². The maximum atomic E-state index is 11.7. The SMILES string of the molecule is CCNC(=NCCCN1CCCC1=O)NCCOc1ccccc1-c1ccccc1. The Morgan fingerprint density at radius 2 is 1.90 bits per heavy atom. The molecule has 1 heterocycles. The summed E-state index contributed by atoms with van der Waals surface area (Å²) in [7, 11) is 0. The van der Waals surface area contributed by atoms with Gasteiger partial charge in [-0.05, 0) is 31.4 Å². The zero-order valence-electron chi connectivity index (χ0n) is 17.8. The zero-order valence-corrected chi connectivity index (χ0v) is 17.8. The minimum atomic E-state index is 0.275. The van der Waals surface area contributed by atoms with Crippen molar-refractivity contribution in [3.8, 4) is 16.9 Å². The highest BCUT2D eigenvalue weighted by molar-refractivity contribution is 5.79. The molecule has 0 unspecified atom stereocenters. The number of benzene rings is 2. The Hall–Kier alpha value is -3.02. The summed E-state index contributed by atoms with van der Waals surface area (Å²) in [6.45, 7) is 6.41. The fraction of sp³-hybridized carbons (Fsp3) is 0.417. The largest absolute Gasteiger partial charge is 0.491 e. The lowest BCUT2D eigenvalue weighted by atomic mass is 10.1. The molecule has 2 aromatic rings. The van der Waals surface area contributed by atoms with Crippen LogP contribution < -0.4 is 15.4 Å². The number of carbonyl (C=O) groups excluding carboxylic acids is 1. The standard InChI is InChI=1S/C24H32N4O2/c1-2-25-24(26-15-9-18-28-17-8-14-23(28)29)27-16-19-30-22-13-7-6-12-21(22)20-10-4-3-5-11-20/h3-7,10-13H,2,8-9,14-19H2,1H3,(H2,25,26,27). The predicted octanol–water partition coefficient (Wildman–Crippen LogP) is 3.30. The average molecular weight is 409 g/mol. The minimum Gasteiger partial charge on any atom is -0.491 e. The van der Waals surface area contributed by atoms with Gasteiger partial charge in [-0.3, -0.25) is 9.79 Å². The van der Waals surface area contributed by atoms with Crippen LogP contribution in [-0.2, 0) is 4.79 Å². The van der Waals surface area contributed by atoms with Crippen LogP contribution in [0.15, 0.2) is 59.6 Å². The first-order chi connectivity index (χ1) is 14.8. The summed E-state index contributed by atoms with van der Waals surface area (Å²) in [5.41, 5.74) is 2.24. The van der Waals surface area contributed by atoms with Crippen molar-refractivity contribution in [1.82, 2.24) is 15.5 Å². The van der Waals surface area contributed by atoms with Crippen LogP contribution in [0, 0.1) is 0 Å². The number of aliphatic imine (C=N–C) groups is 1. The molecule has 1 aliphatic rings. The van der Waals surface area contributed by atoms with Crippen molar-refractivity contribution in [2.24, 2.45) is 4.99 Å². The topological polar surface area (TPSA) is 66.0 Å². The van der Waals surface area contributed by atoms with Crippen molar-refractivity contribution in [1.29, 1.82) is 0 Å². The van der Waals surface area contributed by atoms with E-state index in [1.165, 1.54) is 0 Å². The lowest BCUT2D eigenvalue weighted by Crippen LogP contribution is -2.39. The first kappa shape index (κ1) is 21.7. The second-order valence-electron chi connectivity index (χ2n) is 7.24. The van der Waals surface area contributed by atoms with Crippen molar-refractivity contribution < 1.29 is 9.53 Å². The Morgan fingerprint density at radius 3 is 2.67 bits per heavy atom. The number of hydrogen-bond acceptors (Lipinski definition) is 3. The monoisotopic (exact) mass is 408 g/mol. The van der Waals surface area contributed by atoms with Crippen LogP contribution in [0.4, 0.5) is 0 Å². The van der Waals surface area contributed by atoms with Crippen molar-refractivity contribution in [2.45, 2.75) is 26.2 Å². The molecule has 0 atom stereocenters. The third kappa shape index (κ3) is 6.51. The molecule has 1 amide bonds. The van der Waals surface area contributed by atoms with Crippen LogP contribution in [0.2, 0.25) is 0 Å². The van der Waals surface area contributed by atoms with Crippen molar-refractivity contribution >= 4 is 11.9 Å². The van der Waals surface area contributed by atoms with E-state index in [0.29, 0.717) is 26.1 Å². The molecule has 160 valence electrons. The zero-order chi connectivity index (χ0) is 21.0. The molecular formula is C24H32N4O2. The molecule has 2 N–H and O–H groups in total. The first-order valence-corrected chi connectivity index (χ1v) is 10.8. The van der Waals surface area contributed by atoms with Crippen LogP contribution in [0.25, 0.3) is 11.1 Å². The number of hydrogen-bond donors (Lipinski definition) is 2. The molecule has 2 aromatic carbocycles. The lowest BCUT2D eigenvalue weighted by Gasteiger charge is -2.15. The number of amides is 1. The highest BCUT2D eigenvalue weighted by Gasteiger charge is 2.18. The van der Waals surface area contributed by atoms with E-state index in [1.54, 1.807) is 0 Å². The van der Waals surface area contributed by atoms with Gasteiger partial charge in [0.15, 0.2) is 5.96 Å². The van der Waals surface area contributed by atoms with Gasteiger partial charge in [-0.25, -0.2) is 0 Å². The van der Waals surface area contributed by atoms with Crippen molar-refractivity contribution in [3.05, 3.63) is 54.6 Å². The number of carbonyl (C=O) groups is 1. The number of para-hydroxylation sites is 1. The summed E-state index contributed by atoms with van der Waals surface area (Å²) in [5, 5.41) is 6.58. The Bertz CT molecular complexity index is 823. The Kier molecular flexibility index (Phi) is 8.57. The fourth-order valence-corrected chi connectivity index (χ4v) is 3.51. The molecule has 6 heteroatoms. The molecule has 3 rings (SSSR count). The second kappa shape index (κ2) is 11.9. The Balaban J connectivity index is 1.44. The van der Waals surface area contributed by atoms with Gasteiger partial charge in [-0.1, -0.05) is 48.5 Å². The van der Waals surface area contributed by atoms with Gasteiger partial charge in [0.1, 0.15) is 12.4 Å². The quantitative estimate of drug-likeness (QED) is 0.360. The third-order valence-corrected chi connectivity index (χ3v) is 5.00. The summed E-state index contributed by atoms with van der Waals surface area (Å²) in [6, 6.07) is 18.4. The molecule has 0 aliphatic carbocycles. The lowest BCUT2D eigenvalue weighted by molar-refractivity contribution is -0.127. The molecule has 0 aromatic heterocycles. The third-order valence-electron chi connectivity index (χ3n) is 5.00. The molecular weight excluding hydrogens is 376 g/mol. The summed E-state index contributed by atoms with van der Waals surface area (Å²) in [5.74, 6) is 1.94. The smallest absolute Gasteiger partial charge is 0.222 e. The molecule has 6 nitrogen and oxygen atoms in total. The minimum absolute atomic E-state index is 0.275. The van der Waals surface area contributed by atoms with Crippen LogP contribution >= 0.6 is 0 Å². The second-order valence-corrected chi connectivity index (χ2v) is 7.24. The van der Waals surface area contributed by atoms with Gasteiger partial charge in [-0.15, -0.1) is 0 Å². The molecule has 0 spiro atoms. The van der Waals surface area contributed by atoms with Crippen LogP contribution in [0.1, 0.15) is 26.2 Å². The van der Waals surface area contributed by atoms with Gasteiger partial charge in [-0.2, -0.15) is 0 Å². The van der Waals surface area contributed by atoms with Crippen LogP contribution in [0.5, 0.6) is 5.75 Å². The van der Waals surface area contributed by atoms with E-state index in [0.717, 1.165) is 55.3 Å². The van der Waals surface area contributed by atoms with E-state index in [-0.39, 0.29) is 5.91 Å². The van der Waals surface area contributed by atoms with Crippen molar-refractivity contribution in [2.75, 3.05) is 39.3 Å². The molecule has 0 radical (unpaired) electrons. The first-order valence-electron chi connectivity index (χ1n) is 10.8. The summed E-state index contributed by atoms with van der Waals surface area (Å²) in [6.07, 6.45) is 2.56. The Morgan fingerprint density at radius 1 is 1.10 bits per heavy atom. The van der Waals surface area contributed by atoms with Crippen molar-refractivity contribution in [3.63, 3.8) is 0 Å². The van der Waals surface area contributed by atoms with Gasteiger partial charge in [0, 0.05) is 38.2 Å². The van der Waals surface area contributed by atoms with Crippen LogP contribution in [-0.4, -0.2) is 56.1 Å². The summed E-state index contributed by atoms with van der Waals surface area (Å²) >= 11 is 0. The number of nitrogens with one attached hydrogen (secondary N) is 2. The van der Waals surface area contributed by atoms with Gasteiger partial charge in [0.05, 0.1) is 6.54 Å². The summed E-state index contributed by atoms with van der Waals surface area (Å²) < 4.78 is 6.04. The Labute approximate surface area is 179 Å². The number of rotatable bonds is 10. The molecule has 0 saturated carbocycles. The van der Waals surface area contributed by atoms with Gasteiger partial charge < -0.3 is 20.3 Å². The number of ether oxygens (including phenoxy) is 1. The molecule has 30 heavy (non-hydrogen) atoms. The maximum Gasteiger partial charge on any atom is 0.222 e. The van der Waals surface area contributed by atoms with E-state index in [1.807, 2.05) is 48.2 Å². The number of guanidine groups is 1. The van der Waals surface area contributed by atoms with Gasteiger partial charge in [0.25, 0.3) is 0 Å². The van der Waals surface area contributed by atoms with E-state index < -0.39 is 0 Å². The van der Waals surface area contributed by atoms with E-state index in [4.69, 9.17) is 4.74 Å². The fourth-order valence-electron chi connectivity index (χ4n) is 3.51. The molecule has 1 saturated heterocycles. The van der Waals surface area contributed by atoms with E-state index >= 15 is 0 Å². The predicted molar refractivity (Wildman–Crippen MR) is 122 cm³/mol. The van der Waals surface area contributed by atoms with Gasteiger partial charge in [0.2, 0.25) is 5.91 Å². The number of nitrogens with zero attached hydrogens (tertiary/aromatic N) is 2. The average Bonchev–Trinajstić information content (AvgIpc) is 3.19. The summed E-state index contributed by atoms with van der Waals surface area (Å²) in [4.78, 5) is 18.2. The molecule has 1 aliphatic heterocycles. The van der Waals surface area contributed by atoms with Gasteiger partial charge >= 0.3 is 0 Å². The van der Waals surface area contributed by atoms with Crippen LogP contribution in [0.3, 0.4) is 0 Å². The maximum absolute atomic E-state index is 11.7. The highest BCUT2D eigenvalue weighted by Crippen LogP contribution is 2.29. The normalized spacial score (nSPS) is 14.1.